The SMILES string of the molecule is COc1cccc(N2CC3(CCN(C(=O)N(C)C)C3)CC2=O)c1. The van der Waals surface area contributed by atoms with Gasteiger partial charge in [-0.15, -0.1) is 0 Å². The molecule has 0 bridgehead atoms. The third kappa shape index (κ3) is 2.85. The molecule has 1 unspecified atom stereocenters. The number of carbonyl (C=O) groups excluding carboxylic acids is 2. The van der Waals surface area contributed by atoms with Crippen molar-refractivity contribution in [3.05, 3.63) is 24.3 Å². The quantitative estimate of drug-likeness (QED) is 0.836. The van der Waals surface area contributed by atoms with Gasteiger partial charge in [-0.2, -0.15) is 0 Å². The average Bonchev–Trinajstić information content (AvgIpc) is 3.10. The molecule has 0 aliphatic carbocycles. The summed E-state index contributed by atoms with van der Waals surface area (Å²) in [4.78, 5) is 29.9. The number of benzene rings is 1. The Balaban J connectivity index is 1.76. The largest absolute Gasteiger partial charge is 0.497 e. The topological polar surface area (TPSA) is 53.1 Å². The molecule has 23 heavy (non-hydrogen) atoms. The number of anilines is 1. The van der Waals surface area contributed by atoms with E-state index >= 15 is 0 Å². The molecule has 1 spiro atoms. The molecule has 1 aromatic carbocycles. The summed E-state index contributed by atoms with van der Waals surface area (Å²) in [5, 5.41) is 0. The molecule has 2 heterocycles. The van der Waals surface area contributed by atoms with Crippen molar-refractivity contribution in [2.24, 2.45) is 5.41 Å². The lowest BCUT2D eigenvalue weighted by Crippen LogP contribution is -2.39. The fourth-order valence-corrected chi connectivity index (χ4v) is 3.56. The van der Waals surface area contributed by atoms with Gasteiger partial charge in [-0.05, 0) is 18.6 Å². The molecular formula is C17H23N3O3. The van der Waals surface area contributed by atoms with Gasteiger partial charge in [0, 0.05) is 57.3 Å². The number of methoxy groups -OCH3 is 1. The second-order valence-electron chi connectivity index (χ2n) is 6.71. The van der Waals surface area contributed by atoms with Crippen LogP contribution in [0.15, 0.2) is 24.3 Å². The van der Waals surface area contributed by atoms with Crippen molar-refractivity contribution in [2.45, 2.75) is 12.8 Å². The van der Waals surface area contributed by atoms with Crippen molar-refractivity contribution < 1.29 is 14.3 Å². The van der Waals surface area contributed by atoms with E-state index in [0.29, 0.717) is 19.5 Å². The van der Waals surface area contributed by atoms with E-state index in [2.05, 4.69) is 0 Å². The smallest absolute Gasteiger partial charge is 0.319 e. The van der Waals surface area contributed by atoms with Gasteiger partial charge in [0.05, 0.1) is 7.11 Å². The first kappa shape index (κ1) is 15.6. The zero-order valence-corrected chi connectivity index (χ0v) is 13.9. The van der Waals surface area contributed by atoms with Crippen LogP contribution in [0, 0.1) is 5.41 Å². The fourth-order valence-electron chi connectivity index (χ4n) is 3.56. The van der Waals surface area contributed by atoms with E-state index in [-0.39, 0.29) is 17.4 Å². The lowest BCUT2D eigenvalue weighted by molar-refractivity contribution is -0.117. The number of amides is 3. The number of rotatable bonds is 2. The molecule has 1 aromatic rings. The van der Waals surface area contributed by atoms with E-state index in [1.54, 1.807) is 26.1 Å². The first-order valence-corrected chi connectivity index (χ1v) is 7.85. The lowest BCUT2D eigenvalue weighted by Gasteiger charge is -2.25. The lowest BCUT2D eigenvalue weighted by atomic mass is 9.86. The van der Waals surface area contributed by atoms with E-state index in [1.165, 1.54) is 0 Å². The highest BCUT2D eigenvalue weighted by atomic mass is 16.5. The predicted octanol–water partition coefficient (Wildman–Crippen LogP) is 1.81. The number of nitrogens with zero attached hydrogens (tertiary/aromatic N) is 3. The Morgan fingerprint density at radius 2 is 2.09 bits per heavy atom. The zero-order valence-electron chi connectivity index (χ0n) is 13.9. The maximum atomic E-state index is 12.5. The van der Waals surface area contributed by atoms with E-state index in [9.17, 15) is 9.59 Å². The molecule has 0 radical (unpaired) electrons. The van der Waals surface area contributed by atoms with Crippen molar-refractivity contribution >= 4 is 17.6 Å². The second kappa shape index (κ2) is 5.76. The van der Waals surface area contributed by atoms with Crippen molar-refractivity contribution in [3.8, 4) is 5.75 Å². The summed E-state index contributed by atoms with van der Waals surface area (Å²) in [6, 6.07) is 7.59. The van der Waals surface area contributed by atoms with Gasteiger partial charge in [0.2, 0.25) is 5.91 Å². The number of likely N-dealkylation sites (tertiary alicyclic amines) is 1. The molecule has 1 atom stereocenters. The third-order valence-electron chi connectivity index (χ3n) is 4.78. The Kier molecular flexibility index (Phi) is 3.92. The highest BCUT2D eigenvalue weighted by molar-refractivity contribution is 5.96. The van der Waals surface area contributed by atoms with Crippen LogP contribution in [0.2, 0.25) is 0 Å². The Labute approximate surface area is 136 Å². The van der Waals surface area contributed by atoms with Gasteiger partial charge in [0.15, 0.2) is 0 Å². The minimum atomic E-state index is -0.119. The standard InChI is InChI=1S/C17H23N3O3/c1-18(2)16(22)19-8-7-17(11-19)10-15(21)20(12-17)13-5-4-6-14(9-13)23-3/h4-6,9H,7-8,10-12H2,1-3H3. The minimum absolute atomic E-state index is 0.0224. The molecule has 3 rings (SSSR count). The summed E-state index contributed by atoms with van der Waals surface area (Å²) in [5.41, 5.74) is 0.745. The van der Waals surface area contributed by atoms with Gasteiger partial charge >= 0.3 is 6.03 Å². The van der Waals surface area contributed by atoms with Gasteiger partial charge in [0.25, 0.3) is 0 Å². The Morgan fingerprint density at radius 1 is 1.30 bits per heavy atom. The van der Waals surface area contributed by atoms with Crippen molar-refractivity contribution in [2.75, 3.05) is 45.7 Å². The molecule has 2 fully saturated rings. The molecule has 3 amide bonds. The number of hydrogen-bond donors (Lipinski definition) is 0. The second-order valence-corrected chi connectivity index (χ2v) is 6.71. The summed E-state index contributed by atoms with van der Waals surface area (Å²) >= 11 is 0. The fraction of sp³-hybridized carbons (Fsp3) is 0.529. The average molecular weight is 317 g/mol. The molecular weight excluding hydrogens is 294 g/mol. The summed E-state index contributed by atoms with van der Waals surface area (Å²) in [6.45, 7) is 2.03. The number of hydrogen-bond acceptors (Lipinski definition) is 3. The van der Waals surface area contributed by atoms with Crippen LogP contribution < -0.4 is 9.64 Å². The predicted molar refractivity (Wildman–Crippen MR) is 87.7 cm³/mol. The monoisotopic (exact) mass is 317 g/mol. The number of ether oxygens (including phenoxy) is 1. The van der Waals surface area contributed by atoms with Crippen LogP contribution in [0.4, 0.5) is 10.5 Å². The summed E-state index contributed by atoms with van der Waals surface area (Å²) in [7, 11) is 5.14. The number of urea groups is 1. The van der Waals surface area contributed by atoms with Gasteiger partial charge in [0.1, 0.15) is 5.75 Å². The van der Waals surface area contributed by atoms with Crippen LogP contribution in [0.25, 0.3) is 0 Å². The van der Waals surface area contributed by atoms with E-state index < -0.39 is 0 Å². The van der Waals surface area contributed by atoms with E-state index in [1.807, 2.05) is 34.1 Å². The van der Waals surface area contributed by atoms with Crippen molar-refractivity contribution in [1.82, 2.24) is 9.80 Å². The highest BCUT2D eigenvalue weighted by Gasteiger charge is 2.49. The van der Waals surface area contributed by atoms with Gasteiger partial charge in [-0.25, -0.2) is 4.79 Å². The molecule has 0 N–H and O–H groups in total. The maximum Gasteiger partial charge on any atom is 0.319 e. The van der Waals surface area contributed by atoms with Gasteiger partial charge < -0.3 is 19.4 Å². The summed E-state index contributed by atoms with van der Waals surface area (Å²) in [6.07, 6.45) is 1.38. The molecule has 124 valence electrons. The molecule has 6 heteroatoms. The van der Waals surface area contributed by atoms with Crippen LogP contribution in [0.5, 0.6) is 5.75 Å². The van der Waals surface area contributed by atoms with Crippen molar-refractivity contribution in [3.63, 3.8) is 0 Å². The Hall–Kier alpha value is -2.24. The molecule has 0 aromatic heterocycles. The number of carbonyl (C=O) groups is 2. The maximum absolute atomic E-state index is 12.5. The first-order chi connectivity index (χ1) is 10.9. The van der Waals surface area contributed by atoms with Crippen LogP contribution in [0.3, 0.4) is 0 Å². The Morgan fingerprint density at radius 3 is 2.78 bits per heavy atom. The molecule has 2 aliphatic heterocycles. The summed E-state index contributed by atoms with van der Waals surface area (Å²) < 4.78 is 5.25. The minimum Gasteiger partial charge on any atom is -0.497 e. The molecule has 2 saturated heterocycles. The third-order valence-corrected chi connectivity index (χ3v) is 4.78. The van der Waals surface area contributed by atoms with Crippen LogP contribution in [0.1, 0.15) is 12.8 Å². The van der Waals surface area contributed by atoms with E-state index in [0.717, 1.165) is 24.4 Å². The zero-order chi connectivity index (χ0) is 16.6. The van der Waals surface area contributed by atoms with E-state index in [4.69, 9.17) is 4.74 Å². The summed E-state index contributed by atoms with van der Waals surface area (Å²) in [5.74, 6) is 0.865. The van der Waals surface area contributed by atoms with Gasteiger partial charge in [-0.3, -0.25) is 4.79 Å². The highest BCUT2D eigenvalue weighted by Crippen LogP contribution is 2.42. The molecule has 2 aliphatic rings. The van der Waals surface area contributed by atoms with Crippen molar-refractivity contribution in [1.29, 1.82) is 0 Å². The van der Waals surface area contributed by atoms with Gasteiger partial charge in [-0.1, -0.05) is 6.07 Å². The molecule has 6 nitrogen and oxygen atoms in total. The van der Waals surface area contributed by atoms with Crippen LogP contribution in [-0.4, -0.2) is 62.6 Å². The first-order valence-electron chi connectivity index (χ1n) is 7.85. The molecule has 0 saturated carbocycles. The Bertz CT molecular complexity index is 631. The normalized spacial score (nSPS) is 23.7. The van der Waals surface area contributed by atoms with Crippen LogP contribution in [-0.2, 0) is 4.79 Å². The van der Waals surface area contributed by atoms with Crippen LogP contribution >= 0.6 is 0 Å².